The number of rotatable bonds is 3. The van der Waals surface area contributed by atoms with E-state index in [0.717, 1.165) is 5.33 Å². The first-order valence-corrected chi connectivity index (χ1v) is 8.48. The van der Waals surface area contributed by atoms with Gasteiger partial charge in [0, 0.05) is 5.33 Å². The average Bonchev–Trinajstić information content (AvgIpc) is 2.49. The molecule has 2 aromatic rings. The molecule has 0 spiro atoms. The summed E-state index contributed by atoms with van der Waals surface area (Å²) in [5, 5.41) is 3.96. The molecule has 3 rings (SSSR count). The third kappa shape index (κ3) is 2.72. The minimum Gasteiger partial charge on any atom is -0.0922 e. The fourth-order valence-electron chi connectivity index (χ4n) is 3.51. The Kier molecular flexibility index (Phi) is 3.93. The van der Waals surface area contributed by atoms with Crippen LogP contribution in [0.2, 0.25) is 0 Å². The van der Waals surface area contributed by atoms with E-state index in [1.54, 1.807) is 0 Å². The van der Waals surface area contributed by atoms with Gasteiger partial charge >= 0.3 is 0 Å². The highest BCUT2D eigenvalue weighted by Gasteiger charge is 2.31. The Morgan fingerprint density at radius 3 is 2.42 bits per heavy atom. The van der Waals surface area contributed by atoms with Crippen molar-refractivity contribution in [3.8, 4) is 0 Å². The molecule has 0 radical (unpaired) electrons. The van der Waals surface area contributed by atoms with Crippen molar-refractivity contribution in [2.24, 2.45) is 5.41 Å². The lowest BCUT2D eigenvalue weighted by Gasteiger charge is -2.36. The lowest BCUT2D eigenvalue weighted by molar-refractivity contribution is 0.224. The van der Waals surface area contributed by atoms with E-state index >= 15 is 0 Å². The van der Waals surface area contributed by atoms with Gasteiger partial charge in [-0.2, -0.15) is 0 Å². The van der Waals surface area contributed by atoms with E-state index in [1.807, 2.05) is 0 Å². The molecule has 1 aliphatic carbocycles. The predicted octanol–water partition coefficient (Wildman–Crippen LogP) is 5.73. The van der Waals surface area contributed by atoms with Crippen molar-refractivity contribution in [3.05, 3.63) is 48.0 Å². The van der Waals surface area contributed by atoms with Gasteiger partial charge in [0.2, 0.25) is 0 Å². The van der Waals surface area contributed by atoms with Crippen LogP contribution in [0, 0.1) is 5.41 Å². The lowest BCUT2D eigenvalue weighted by atomic mass is 9.71. The standard InChI is InChI=1S/C18H21Br/c19-14-18(11-4-1-5-12-18)13-16-9-6-8-15-7-2-3-10-17(15)16/h2-3,6-10H,1,4-5,11-14H2. The summed E-state index contributed by atoms with van der Waals surface area (Å²) < 4.78 is 0. The molecule has 0 unspecified atom stereocenters. The highest BCUT2D eigenvalue weighted by Crippen LogP contribution is 2.41. The highest BCUT2D eigenvalue weighted by atomic mass is 79.9. The van der Waals surface area contributed by atoms with Gasteiger partial charge in [0.15, 0.2) is 0 Å². The molecule has 0 aromatic heterocycles. The van der Waals surface area contributed by atoms with E-state index in [9.17, 15) is 0 Å². The van der Waals surface area contributed by atoms with E-state index < -0.39 is 0 Å². The van der Waals surface area contributed by atoms with Crippen LogP contribution in [0.25, 0.3) is 10.8 Å². The van der Waals surface area contributed by atoms with Crippen LogP contribution < -0.4 is 0 Å². The second-order valence-electron chi connectivity index (χ2n) is 6.01. The van der Waals surface area contributed by atoms with Gasteiger partial charge < -0.3 is 0 Å². The van der Waals surface area contributed by atoms with E-state index in [0.29, 0.717) is 5.41 Å². The van der Waals surface area contributed by atoms with Crippen LogP contribution in [-0.2, 0) is 6.42 Å². The van der Waals surface area contributed by atoms with E-state index in [2.05, 4.69) is 58.4 Å². The maximum Gasteiger partial charge on any atom is 0.00911 e. The SMILES string of the molecule is BrCC1(Cc2cccc3ccccc23)CCCCC1. The second kappa shape index (κ2) is 5.66. The largest absolute Gasteiger partial charge is 0.0922 e. The molecule has 0 nitrogen and oxygen atoms in total. The Balaban J connectivity index is 1.96. The maximum absolute atomic E-state index is 3.79. The number of hydrogen-bond donors (Lipinski definition) is 0. The van der Waals surface area contributed by atoms with Crippen molar-refractivity contribution in [1.82, 2.24) is 0 Å². The zero-order valence-corrected chi connectivity index (χ0v) is 13.0. The first-order chi connectivity index (χ1) is 9.33. The van der Waals surface area contributed by atoms with Crippen molar-refractivity contribution < 1.29 is 0 Å². The Hall–Kier alpha value is -0.820. The molecule has 100 valence electrons. The second-order valence-corrected chi connectivity index (χ2v) is 6.57. The first-order valence-electron chi connectivity index (χ1n) is 7.36. The molecule has 1 heteroatoms. The van der Waals surface area contributed by atoms with Crippen molar-refractivity contribution in [3.63, 3.8) is 0 Å². The summed E-state index contributed by atoms with van der Waals surface area (Å²) in [6.45, 7) is 0. The number of hydrogen-bond acceptors (Lipinski definition) is 0. The van der Waals surface area contributed by atoms with Gasteiger partial charge in [0.25, 0.3) is 0 Å². The van der Waals surface area contributed by atoms with Gasteiger partial charge in [-0.05, 0) is 41.0 Å². The highest BCUT2D eigenvalue weighted by molar-refractivity contribution is 9.09. The van der Waals surface area contributed by atoms with Crippen molar-refractivity contribution >= 4 is 26.7 Å². The number of fused-ring (bicyclic) bond motifs is 1. The molecule has 19 heavy (non-hydrogen) atoms. The summed E-state index contributed by atoms with van der Waals surface area (Å²) in [6, 6.07) is 15.5. The quantitative estimate of drug-likeness (QED) is 0.634. The summed E-state index contributed by atoms with van der Waals surface area (Å²) in [6.07, 6.45) is 8.19. The lowest BCUT2D eigenvalue weighted by Crippen LogP contribution is -2.28. The molecule has 2 aromatic carbocycles. The number of benzene rings is 2. The van der Waals surface area contributed by atoms with Gasteiger partial charge in [-0.3, -0.25) is 0 Å². The van der Waals surface area contributed by atoms with Crippen LogP contribution in [0.4, 0.5) is 0 Å². The molecule has 1 saturated carbocycles. The summed E-state index contributed by atoms with van der Waals surface area (Å²) in [5.74, 6) is 0. The van der Waals surface area contributed by atoms with Gasteiger partial charge in [-0.1, -0.05) is 77.7 Å². The minimum absolute atomic E-state index is 0.488. The maximum atomic E-state index is 3.79. The molecule has 0 heterocycles. The average molecular weight is 317 g/mol. The van der Waals surface area contributed by atoms with Crippen LogP contribution in [-0.4, -0.2) is 5.33 Å². The van der Waals surface area contributed by atoms with Crippen LogP contribution in [0.3, 0.4) is 0 Å². The predicted molar refractivity (Wildman–Crippen MR) is 87.0 cm³/mol. The van der Waals surface area contributed by atoms with E-state index in [-0.39, 0.29) is 0 Å². The zero-order chi connectivity index (χ0) is 13.1. The number of halogens is 1. The zero-order valence-electron chi connectivity index (χ0n) is 11.4. The third-order valence-corrected chi connectivity index (χ3v) is 5.83. The molecule has 1 fully saturated rings. The molecule has 0 saturated heterocycles. The Labute approximate surface area is 124 Å². The summed E-state index contributed by atoms with van der Waals surface area (Å²) in [4.78, 5) is 0. The molecule has 0 bridgehead atoms. The summed E-state index contributed by atoms with van der Waals surface area (Å²) >= 11 is 3.79. The monoisotopic (exact) mass is 316 g/mol. The van der Waals surface area contributed by atoms with Gasteiger partial charge in [-0.25, -0.2) is 0 Å². The van der Waals surface area contributed by atoms with Crippen molar-refractivity contribution in [2.75, 3.05) is 5.33 Å². The summed E-state index contributed by atoms with van der Waals surface area (Å²) in [5.41, 5.74) is 2.02. The molecule has 0 N–H and O–H groups in total. The molecule has 1 aliphatic rings. The fourth-order valence-corrected chi connectivity index (χ4v) is 4.27. The third-order valence-electron chi connectivity index (χ3n) is 4.64. The van der Waals surface area contributed by atoms with Gasteiger partial charge in [-0.15, -0.1) is 0 Å². The smallest absolute Gasteiger partial charge is 0.00911 e. The number of alkyl halides is 1. The fraction of sp³-hybridized carbons (Fsp3) is 0.444. The Morgan fingerprint density at radius 2 is 1.63 bits per heavy atom. The molecule has 0 amide bonds. The van der Waals surface area contributed by atoms with Crippen LogP contribution in [0.1, 0.15) is 37.7 Å². The Morgan fingerprint density at radius 1 is 0.895 bits per heavy atom. The normalized spacial score (nSPS) is 18.6. The topological polar surface area (TPSA) is 0 Å². The van der Waals surface area contributed by atoms with Crippen molar-refractivity contribution in [2.45, 2.75) is 38.5 Å². The van der Waals surface area contributed by atoms with Crippen LogP contribution in [0.5, 0.6) is 0 Å². The van der Waals surface area contributed by atoms with E-state index in [1.165, 1.54) is 54.9 Å². The molecular weight excluding hydrogens is 296 g/mol. The van der Waals surface area contributed by atoms with Crippen LogP contribution in [0.15, 0.2) is 42.5 Å². The summed E-state index contributed by atoms with van der Waals surface area (Å²) in [7, 11) is 0. The van der Waals surface area contributed by atoms with Crippen LogP contribution >= 0.6 is 15.9 Å². The van der Waals surface area contributed by atoms with Gasteiger partial charge in [0.1, 0.15) is 0 Å². The Bertz CT molecular complexity index is 547. The van der Waals surface area contributed by atoms with Gasteiger partial charge in [0.05, 0.1) is 0 Å². The molecular formula is C18H21Br. The molecule has 0 aliphatic heterocycles. The molecule has 0 atom stereocenters. The minimum atomic E-state index is 0.488. The van der Waals surface area contributed by atoms with Crippen molar-refractivity contribution in [1.29, 1.82) is 0 Å². The van der Waals surface area contributed by atoms with E-state index in [4.69, 9.17) is 0 Å². The first kappa shape index (κ1) is 13.2.